The van der Waals surface area contributed by atoms with Crippen molar-refractivity contribution in [3.63, 3.8) is 0 Å². The third-order valence-electron chi connectivity index (χ3n) is 2.20. The molecule has 0 aromatic carbocycles. The molecule has 0 fully saturated rings. The van der Waals surface area contributed by atoms with Crippen LogP contribution in [0.2, 0.25) is 0 Å². The van der Waals surface area contributed by atoms with Crippen LogP contribution in [0.3, 0.4) is 0 Å². The first-order valence-electron chi connectivity index (χ1n) is 5.74. The van der Waals surface area contributed by atoms with Crippen LogP contribution in [0.4, 0.5) is 0 Å². The Morgan fingerprint density at radius 1 is 1.06 bits per heavy atom. The first-order valence-corrected chi connectivity index (χ1v) is 5.74. The number of amides is 2. The molecule has 0 aliphatic heterocycles. The molecule has 5 nitrogen and oxygen atoms in total. The Bertz CT molecular complexity index is 239. The van der Waals surface area contributed by atoms with Crippen LogP contribution < -0.4 is 16.0 Å². The summed E-state index contributed by atoms with van der Waals surface area (Å²) < 4.78 is 0. The summed E-state index contributed by atoms with van der Waals surface area (Å²) in [5.41, 5.74) is -0.587. The molecule has 5 heteroatoms. The van der Waals surface area contributed by atoms with Crippen LogP contribution in [0.25, 0.3) is 0 Å². The summed E-state index contributed by atoms with van der Waals surface area (Å²) >= 11 is 0. The molecular formula is C11H23N3O2. The number of likely N-dealkylation sites (N-methyl/N-ethyl adjacent to an activating group) is 1. The number of carbonyl (C=O) groups is 2. The van der Waals surface area contributed by atoms with Crippen LogP contribution >= 0.6 is 0 Å². The summed E-state index contributed by atoms with van der Waals surface area (Å²) in [5.74, 6) is -0.122. The molecular weight excluding hydrogens is 206 g/mol. The van der Waals surface area contributed by atoms with Crippen LogP contribution in [0.1, 0.15) is 34.1 Å². The SMILES string of the molecule is CCNC(=O)CCNC(=O)C(C)(C)NCC. The maximum Gasteiger partial charge on any atom is 0.239 e. The van der Waals surface area contributed by atoms with Gasteiger partial charge >= 0.3 is 0 Å². The zero-order chi connectivity index (χ0) is 12.6. The van der Waals surface area contributed by atoms with E-state index in [4.69, 9.17) is 0 Å². The minimum absolute atomic E-state index is 0.0379. The summed E-state index contributed by atoms with van der Waals surface area (Å²) in [6, 6.07) is 0. The van der Waals surface area contributed by atoms with Gasteiger partial charge in [-0.3, -0.25) is 9.59 Å². The molecule has 94 valence electrons. The third kappa shape index (κ3) is 5.70. The maximum atomic E-state index is 11.7. The van der Waals surface area contributed by atoms with Crippen molar-refractivity contribution in [2.24, 2.45) is 0 Å². The van der Waals surface area contributed by atoms with Crippen LogP contribution in [0.15, 0.2) is 0 Å². The molecule has 0 aliphatic carbocycles. The van der Waals surface area contributed by atoms with Crippen LogP contribution in [-0.4, -0.2) is 37.0 Å². The average molecular weight is 229 g/mol. The third-order valence-corrected chi connectivity index (χ3v) is 2.20. The molecule has 0 aromatic rings. The molecule has 0 spiro atoms. The van der Waals surface area contributed by atoms with Gasteiger partial charge in [0.05, 0.1) is 5.54 Å². The van der Waals surface area contributed by atoms with E-state index in [1.807, 2.05) is 27.7 Å². The summed E-state index contributed by atoms with van der Waals surface area (Å²) in [5, 5.41) is 8.48. The molecule has 0 saturated carbocycles. The Kier molecular flexibility index (Phi) is 6.72. The number of carbonyl (C=O) groups excluding carboxylic acids is 2. The minimum atomic E-state index is -0.587. The zero-order valence-electron chi connectivity index (χ0n) is 10.6. The lowest BCUT2D eigenvalue weighted by Crippen LogP contribution is -2.52. The van der Waals surface area contributed by atoms with E-state index < -0.39 is 5.54 Å². The van der Waals surface area contributed by atoms with Gasteiger partial charge in [-0.1, -0.05) is 6.92 Å². The first-order chi connectivity index (χ1) is 7.44. The highest BCUT2D eigenvalue weighted by molar-refractivity contribution is 5.86. The Balaban J connectivity index is 3.85. The second-order valence-corrected chi connectivity index (χ2v) is 4.11. The molecule has 0 aromatic heterocycles. The van der Waals surface area contributed by atoms with E-state index >= 15 is 0 Å². The van der Waals surface area contributed by atoms with Gasteiger partial charge in [0.25, 0.3) is 0 Å². The first kappa shape index (κ1) is 14.9. The molecule has 0 atom stereocenters. The molecule has 0 heterocycles. The van der Waals surface area contributed by atoms with Crippen LogP contribution in [-0.2, 0) is 9.59 Å². The standard InChI is InChI=1S/C11H23N3O2/c1-5-12-9(15)7-8-13-10(16)11(3,4)14-6-2/h14H,5-8H2,1-4H3,(H,12,15)(H,13,16). The highest BCUT2D eigenvalue weighted by Crippen LogP contribution is 2.00. The van der Waals surface area contributed by atoms with Gasteiger partial charge in [0.2, 0.25) is 11.8 Å². The minimum Gasteiger partial charge on any atom is -0.356 e. The molecule has 0 saturated heterocycles. The van der Waals surface area contributed by atoms with Crippen molar-refractivity contribution in [2.45, 2.75) is 39.7 Å². The van der Waals surface area contributed by atoms with E-state index in [0.29, 0.717) is 19.5 Å². The predicted molar refractivity (Wildman–Crippen MR) is 64.1 cm³/mol. The lowest BCUT2D eigenvalue weighted by atomic mass is 10.0. The van der Waals surface area contributed by atoms with Crippen molar-refractivity contribution >= 4 is 11.8 Å². The lowest BCUT2D eigenvalue weighted by molar-refractivity contribution is -0.126. The molecule has 0 unspecified atom stereocenters. The Morgan fingerprint density at radius 3 is 2.19 bits per heavy atom. The van der Waals surface area contributed by atoms with Crippen molar-refractivity contribution in [3.05, 3.63) is 0 Å². The normalized spacial score (nSPS) is 11.0. The fourth-order valence-corrected chi connectivity index (χ4v) is 1.32. The van der Waals surface area contributed by atoms with E-state index in [9.17, 15) is 9.59 Å². The molecule has 0 bridgehead atoms. The second-order valence-electron chi connectivity index (χ2n) is 4.11. The predicted octanol–water partition coefficient (Wildman–Crippen LogP) is 0.0169. The molecule has 0 rings (SSSR count). The van der Waals surface area contributed by atoms with Crippen LogP contribution in [0, 0.1) is 0 Å². The van der Waals surface area contributed by atoms with Gasteiger partial charge < -0.3 is 16.0 Å². The number of hydrogen-bond donors (Lipinski definition) is 3. The summed E-state index contributed by atoms with van der Waals surface area (Å²) in [6.45, 7) is 9.18. The summed E-state index contributed by atoms with van der Waals surface area (Å²) in [4.78, 5) is 22.8. The van der Waals surface area contributed by atoms with E-state index in [1.54, 1.807) is 0 Å². The van der Waals surface area contributed by atoms with Crippen molar-refractivity contribution in [2.75, 3.05) is 19.6 Å². The Morgan fingerprint density at radius 2 is 1.69 bits per heavy atom. The molecule has 0 radical (unpaired) electrons. The van der Waals surface area contributed by atoms with Crippen molar-refractivity contribution in [3.8, 4) is 0 Å². The highest BCUT2D eigenvalue weighted by Gasteiger charge is 2.25. The lowest BCUT2D eigenvalue weighted by Gasteiger charge is -2.24. The van der Waals surface area contributed by atoms with Crippen molar-refractivity contribution in [1.82, 2.24) is 16.0 Å². The average Bonchev–Trinajstić information content (AvgIpc) is 2.17. The van der Waals surface area contributed by atoms with Gasteiger partial charge in [-0.05, 0) is 27.3 Å². The van der Waals surface area contributed by atoms with Gasteiger partial charge in [0, 0.05) is 19.5 Å². The topological polar surface area (TPSA) is 70.2 Å². The Hall–Kier alpha value is -1.10. The van der Waals surface area contributed by atoms with Gasteiger partial charge in [-0.2, -0.15) is 0 Å². The molecule has 16 heavy (non-hydrogen) atoms. The van der Waals surface area contributed by atoms with E-state index in [2.05, 4.69) is 16.0 Å². The number of rotatable bonds is 7. The maximum absolute atomic E-state index is 11.7. The van der Waals surface area contributed by atoms with Gasteiger partial charge in [-0.15, -0.1) is 0 Å². The summed E-state index contributed by atoms with van der Waals surface area (Å²) in [6.07, 6.45) is 0.321. The summed E-state index contributed by atoms with van der Waals surface area (Å²) in [7, 11) is 0. The van der Waals surface area contributed by atoms with Gasteiger partial charge in [-0.25, -0.2) is 0 Å². The van der Waals surface area contributed by atoms with Gasteiger partial charge in [0.1, 0.15) is 0 Å². The fourth-order valence-electron chi connectivity index (χ4n) is 1.32. The second kappa shape index (κ2) is 7.22. The van der Waals surface area contributed by atoms with Crippen LogP contribution in [0.5, 0.6) is 0 Å². The number of nitrogens with one attached hydrogen (secondary N) is 3. The van der Waals surface area contributed by atoms with E-state index in [-0.39, 0.29) is 11.8 Å². The molecule has 3 N–H and O–H groups in total. The fraction of sp³-hybridized carbons (Fsp3) is 0.818. The zero-order valence-corrected chi connectivity index (χ0v) is 10.6. The Labute approximate surface area is 97.4 Å². The van der Waals surface area contributed by atoms with E-state index in [1.165, 1.54) is 0 Å². The molecule has 2 amide bonds. The monoisotopic (exact) mass is 229 g/mol. The van der Waals surface area contributed by atoms with Crippen molar-refractivity contribution in [1.29, 1.82) is 0 Å². The van der Waals surface area contributed by atoms with E-state index in [0.717, 1.165) is 6.54 Å². The smallest absolute Gasteiger partial charge is 0.239 e. The van der Waals surface area contributed by atoms with Gasteiger partial charge in [0.15, 0.2) is 0 Å². The highest BCUT2D eigenvalue weighted by atomic mass is 16.2. The quantitative estimate of drug-likeness (QED) is 0.576. The molecule has 0 aliphatic rings. The number of hydrogen-bond acceptors (Lipinski definition) is 3. The van der Waals surface area contributed by atoms with Crippen molar-refractivity contribution < 1.29 is 9.59 Å². The largest absolute Gasteiger partial charge is 0.356 e.